The van der Waals surface area contributed by atoms with E-state index in [2.05, 4.69) is 218 Å². The Kier molecular flexibility index (Phi) is 8.42. The Labute approximate surface area is 294 Å². The lowest BCUT2D eigenvalue weighted by Crippen LogP contribution is -2.10. The van der Waals surface area contributed by atoms with E-state index in [0.717, 1.165) is 22.7 Å². The molecule has 0 unspecified atom stereocenters. The highest BCUT2D eigenvalue weighted by atomic mass is 15.1. The van der Waals surface area contributed by atoms with Gasteiger partial charge in [-0.3, -0.25) is 0 Å². The van der Waals surface area contributed by atoms with Gasteiger partial charge in [-0.05, 0) is 108 Å². The summed E-state index contributed by atoms with van der Waals surface area (Å²) in [5, 5.41) is 4.91. The topological polar surface area (TPSA) is 6.48 Å². The van der Waals surface area contributed by atoms with Gasteiger partial charge in [0.05, 0.1) is 11.4 Å². The molecular weight excluding hydrogens is 605 g/mol. The third-order valence-corrected chi connectivity index (χ3v) is 9.51. The molecule has 8 aromatic carbocycles. The summed E-state index contributed by atoms with van der Waals surface area (Å²) in [5.74, 6) is 0. The summed E-state index contributed by atoms with van der Waals surface area (Å²) in [5.41, 5.74) is 11.7. The molecule has 0 aromatic heterocycles. The van der Waals surface area contributed by atoms with Gasteiger partial charge in [-0.2, -0.15) is 0 Å². The van der Waals surface area contributed by atoms with Gasteiger partial charge in [0.1, 0.15) is 0 Å². The zero-order valence-electron chi connectivity index (χ0n) is 28.4. The fourth-order valence-electron chi connectivity index (χ4n) is 6.97. The fourth-order valence-corrected chi connectivity index (χ4v) is 6.97. The normalized spacial score (nSPS) is 11.3. The van der Waals surface area contributed by atoms with Crippen molar-refractivity contribution >= 4 is 67.8 Å². The van der Waals surface area contributed by atoms with Gasteiger partial charge in [-0.1, -0.05) is 133 Å². The van der Waals surface area contributed by atoms with Crippen LogP contribution >= 0.6 is 0 Å². The number of nitrogens with zero attached hydrogens (tertiary/aromatic N) is 2. The van der Waals surface area contributed by atoms with Crippen LogP contribution in [0, 0.1) is 13.8 Å². The largest absolute Gasteiger partial charge is 0.310 e. The SMILES string of the molecule is Cc1cc(N(c2ccccc2)c2cccc3ccccc23)ccc1/C=C\c1ccc(N(c2ccccc2)c2cccc3ccccc23)cc1C. The third-order valence-electron chi connectivity index (χ3n) is 9.51. The first kappa shape index (κ1) is 30.9. The van der Waals surface area contributed by atoms with Crippen LogP contribution in [0.15, 0.2) is 182 Å². The van der Waals surface area contributed by atoms with Crippen LogP contribution in [0.4, 0.5) is 34.1 Å². The summed E-state index contributed by atoms with van der Waals surface area (Å²) in [6.07, 6.45) is 4.48. The van der Waals surface area contributed by atoms with Crippen molar-refractivity contribution in [3.63, 3.8) is 0 Å². The number of aryl methyl sites for hydroxylation is 2. The molecule has 0 spiro atoms. The minimum absolute atomic E-state index is 1.13. The maximum absolute atomic E-state index is 2.36. The maximum Gasteiger partial charge on any atom is 0.0540 e. The highest BCUT2D eigenvalue weighted by Gasteiger charge is 2.17. The van der Waals surface area contributed by atoms with E-state index in [1.54, 1.807) is 0 Å². The summed E-state index contributed by atoms with van der Waals surface area (Å²) in [7, 11) is 0. The molecule has 240 valence electrons. The monoisotopic (exact) mass is 642 g/mol. The third kappa shape index (κ3) is 6.04. The van der Waals surface area contributed by atoms with Gasteiger partial charge >= 0.3 is 0 Å². The average Bonchev–Trinajstić information content (AvgIpc) is 3.16. The fraction of sp³-hybridized carbons (Fsp3) is 0.0417. The molecule has 0 saturated carbocycles. The molecule has 2 nitrogen and oxygen atoms in total. The van der Waals surface area contributed by atoms with Gasteiger partial charge in [-0.15, -0.1) is 0 Å². The van der Waals surface area contributed by atoms with Crippen LogP contribution in [-0.2, 0) is 0 Å². The summed E-state index contributed by atoms with van der Waals surface area (Å²) in [4.78, 5) is 4.72. The Morgan fingerprint density at radius 1 is 0.340 bits per heavy atom. The number of hydrogen-bond acceptors (Lipinski definition) is 2. The van der Waals surface area contributed by atoms with Gasteiger partial charge < -0.3 is 9.80 Å². The summed E-state index contributed by atoms with van der Waals surface area (Å²) in [6.45, 7) is 4.40. The van der Waals surface area contributed by atoms with Gasteiger partial charge in [0.25, 0.3) is 0 Å². The van der Waals surface area contributed by atoms with E-state index in [1.807, 2.05) is 0 Å². The molecule has 0 amide bonds. The van der Waals surface area contributed by atoms with Crippen LogP contribution in [0.25, 0.3) is 33.7 Å². The van der Waals surface area contributed by atoms with Gasteiger partial charge in [0.2, 0.25) is 0 Å². The van der Waals surface area contributed by atoms with E-state index in [1.165, 1.54) is 55.2 Å². The first-order valence-electron chi connectivity index (χ1n) is 17.2. The highest BCUT2D eigenvalue weighted by Crippen LogP contribution is 2.41. The smallest absolute Gasteiger partial charge is 0.0540 e. The van der Waals surface area contributed by atoms with Crippen molar-refractivity contribution in [1.82, 2.24) is 0 Å². The van der Waals surface area contributed by atoms with Crippen molar-refractivity contribution in [3.8, 4) is 0 Å². The maximum atomic E-state index is 2.36. The van der Waals surface area contributed by atoms with Crippen LogP contribution in [0.3, 0.4) is 0 Å². The quantitative estimate of drug-likeness (QED) is 0.152. The molecule has 0 aliphatic rings. The molecule has 0 atom stereocenters. The molecule has 0 fully saturated rings. The number of hydrogen-bond donors (Lipinski definition) is 0. The molecule has 50 heavy (non-hydrogen) atoms. The molecule has 0 saturated heterocycles. The molecule has 0 aliphatic heterocycles. The minimum atomic E-state index is 1.13. The van der Waals surface area contributed by atoms with Crippen LogP contribution in [0.1, 0.15) is 22.3 Å². The number of rotatable bonds is 8. The molecule has 0 aliphatic carbocycles. The molecule has 0 heterocycles. The average molecular weight is 643 g/mol. The summed E-state index contributed by atoms with van der Waals surface area (Å²) in [6, 6.07) is 65.1. The van der Waals surface area contributed by atoms with E-state index in [9.17, 15) is 0 Å². The van der Waals surface area contributed by atoms with Crippen LogP contribution in [0.5, 0.6) is 0 Å². The first-order chi connectivity index (χ1) is 24.6. The van der Waals surface area contributed by atoms with Crippen LogP contribution < -0.4 is 9.80 Å². The van der Waals surface area contributed by atoms with Crippen molar-refractivity contribution in [2.45, 2.75) is 13.8 Å². The standard InChI is InChI=1S/C48H38N2/c1-35-33-43(49(41-19-5-3-6-20-41)47-25-13-17-39-15-9-11-23-45(39)47)31-29-37(35)27-28-38-30-32-44(34-36(38)2)50(42-21-7-4-8-22-42)48-26-14-18-40-16-10-12-24-46(40)48/h3-34H,1-2H3/b28-27-. The Balaban J connectivity index is 1.13. The Hall–Kier alpha value is -6.38. The lowest BCUT2D eigenvalue weighted by molar-refractivity contribution is 1.28. The lowest BCUT2D eigenvalue weighted by Gasteiger charge is -2.27. The number of para-hydroxylation sites is 2. The summed E-state index contributed by atoms with van der Waals surface area (Å²) >= 11 is 0. The molecule has 0 bridgehead atoms. The molecule has 8 rings (SSSR count). The second kappa shape index (κ2) is 13.6. The van der Waals surface area contributed by atoms with Gasteiger partial charge in [-0.25, -0.2) is 0 Å². The molecule has 2 heteroatoms. The van der Waals surface area contributed by atoms with Crippen LogP contribution in [-0.4, -0.2) is 0 Å². The van der Waals surface area contributed by atoms with Crippen molar-refractivity contribution in [3.05, 3.63) is 204 Å². The van der Waals surface area contributed by atoms with E-state index in [0.29, 0.717) is 0 Å². The lowest BCUT2D eigenvalue weighted by atomic mass is 10.0. The zero-order valence-corrected chi connectivity index (χ0v) is 28.4. The van der Waals surface area contributed by atoms with E-state index >= 15 is 0 Å². The molecule has 8 aromatic rings. The van der Waals surface area contributed by atoms with E-state index in [4.69, 9.17) is 0 Å². The predicted molar refractivity (Wildman–Crippen MR) is 216 cm³/mol. The Bertz CT molecular complexity index is 2280. The van der Waals surface area contributed by atoms with Crippen LogP contribution in [0.2, 0.25) is 0 Å². The van der Waals surface area contributed by atoms with Gasteiger partial charge in [0, 0.05) is 33.5 Å². The summed E-state index contributed by atoms with van der Waals surface area (Å²) < 4.78 is 0. The van der Waals surface area contributed by atoms with Crippen molar-refractivity contribution in [2.75, 3.05) is 9.80 Å². The van der Waals surface area contributed by atoms with Crippen molar-refractivity contribution < 1.29 is 0 Å². The van der Waals surface area contributed by atoms with E-state index < -0.39 is 0 Å². The molecular formula is C48H38N2. The number of fused-ring (bicyclic) bond motifs is 2. The zero-order chi connectivity index (χ0) is 33.9. The molecule has 0 radical (unpaired) electrons. The number of benzene rings is 8. The van der Waals surface area contributed by atoms with E-state index in [-0.39, 0.29) is 0 Å². The second-order valence-electron chi connectivity index (χ2n) is 12.8. The predicted octanol–water partition coefficient (Wildman–Crippen LogP) is 13.7. The second-order valence-corrected chi connectivity index (χ2v) is 12.8. The minimum Gasteiger partial charge on any atom is -0.310 e. The number of anilines is 6. The van der Waals surface area contributed by atoms with Gasteiger partial charge in [0.15, 0.2) is 0 Å². The van der Waals surface area contributed by atoms with Crippen molar-refractivity contribution in [1.29, 1.82) is 0 Å². The molecule has 0 N–H and O–H groups in total. The Morgan fingerprint density at radius 3 is 1.14 bits per heavy atom. The van der Waals surface area contributed by atoms with Crippen molar-refractivity contribution in [2.24, 2.45) is 0 Å². The first-order valence-corrected chi connectivity index (χ1v) is 17.2. The Morgan fingerprint density at radius 2 is 0.720 bits per heavy atom. The highest BCUT2D eigenvalue weighted by molar-refractivity contribution is 6.00.